The number of imide groups is 1. The number of hydrogen-bond donors (Lipinski definition) is 1. The fourth-order valence-corrected chi connectivity index (χ4v) is 1.21. The first-order valence-corrected chi connectivity index (χ1v) is 4.14. The minimum absolute atomic E-state index is 0.103. The lowest BCUT2D eigenvalue weighted by molar-refractivity contribution is -0.130. The van der Waals surface area contributed by atoms with E-state index in [1.54, 1.807) is 13.8 Å². The van der Waals surface area contributed by atoms with Crippen molar-refractivity contribution in [2.75, 3.05) is 13.1 Å². The van der Waals surface area contributed by atoms with Crippen molar-refractivity contribution in [3.8, 4) is 0 Å². The molecule has 1 aliphatic heterocycles. The zero-order chi connectivity index (χ0) is 10.8. The first kappa shape index (κ1) is 10.3. The van der Waals surface area contributed by atoms with Gasteiger partial charge >= 0.3 is 6.03 Å². The largest absolute Gasteiger partial charge is 0.325 e. The van der Waals surface area contributed by atoms with Crippen molar-refractivity contribution < 1.29 is 9.59 Å². The Labute approximate surface area is 80.7 Å². The van der Waals surface area contributed by atoms with Crippen LogP contribution in [0.4, 0.5) is 4.79 Å². The van der Waals surface area contributed by atoms with Crippen LogP contribution in [0, 0.1) is 0 Å². The van der Waals surface area contributed by atoms with Gasteiger partial charge in [-0.05, 0) is 19.4 Å². The molecule has 0 aromatic heterocycles. The molecule has 0 unspecified atom stereocenters. The molecule has 1 saturated heterocycles. The SMILES string of the molecule is CC1(C)NC(=O)N(CCN=[N+]=[N-])C1=O. The Hall–Kier alpha value is -1.75. The zero-order valence-electron chi connectivity index (χ0n) is 8.02. The third-order valence-corrected chi connectivity index (χ3v) is 1.93. The molecule has 3 amide bonds. The average Bonchev–Trinajstić information content (AvgIpc) is 2.27. The molecule has 0 atom stereocenters. The number of amides is 3. The number of nitrogens with zero attached hydrogens (tertiary/aromatic N) is 4. The van der Waals surface area contributed by atoms with E-state index < -0.39 is 11.6 Å². The Morgan fingerprint density at radius 2 is 2.21 bits per heavy atom. The van der Waals surface area contributed by atoms with E-state index in [4.69, 9.17) is 5.53 Å². The summed E-state index contributed by atoms with van der Waals surface area (Å²) in [6, 6.07) is -0.437. The highest BCUT2D eigenvalue weighted by Gasteiger charge is 2.43. The molecule has 1 rings (SSSR count). The summed E-state index contributed by atoms with van der Waals surface area (Å²) in [4.78, 5) is 26.4. The van der Waals surface area contributed by atoms with Crippen molar-refractivity contribution >= 4 is 11.9 Å². The standard InChI is InChI=1S/C7H11N5O2/c1-7(2)5(13)12(6(14)10-7)4-3-9-11-8/h3-4H2,1-2H3,(H,10,14). The van der Waals surface area contributed by atoms with E-state index in [-0.39, 0.29) is 19.0 Å². The molecule has 0 radical (unpaired) electrons. The van der Waals surface area contributed by atoms with Crippen LogP contribution in [0.25, 0.3) is 10.4 Å². The summed E-state index contributed by atoms with van der Waals surface area (Å²) in [5, 5.41) is 5.78. The molecular weight excluding hydrogens is 186 g/mol. The average molecular weight is 197 g/mol. The van der Waals surface area contributed by atoms with Crippen molar-refractivity contribution in [3.63, 3.8) is 0 Å². The Morgan fingerprint density at radius 1 is 1.57 bits per heavy atom. The first-order chi connectivity index (χ1) is 6.49. The molecule has 7 heteroatoms. The summed E-state index contributed by atoms with van der Waals surface area (Å²) < 4.78 is 0. The second-order valence-electron chi connectivity index (χ2n) is 3.47. The second-order valence-corrected chi connectivity index (χ2v) is 3.47. The highest BCUT2D eigenvalue weighted by molar-refractivity contribution is 6.06. The summed E-state index contributed by atoms with van der Waals surface area (Å²) in [6.45, 7) is 3.48. The summed E-state index contributed by atoms with van der Waals surface area (Å²) in [7, 11) is 0. The van der Waals surface area contributed by atoms with E-state index in [2.05, 4.69) is 15.3 Å². The van der Waals surface area contributed by atoms with Crippen molar-refractivity contribution in [2.24, 2.45) is 5.11 Å². The lowest BCUT2D eigenvalue weighted by atomic mass is 10.1. The maximum atomic E-state index is 11.5. The lowest BCUT2D eigenvalue weighted by Gasteiger charge is -2.14. The first-order valence-electron chi connectivity index (χ1n) is 4.14. The molecule has 1 aliphatic rings. The number of nitrogens with one attached hydrogen (secondary N) is 1. The van der Waals surface area contributed by atoms with Crippen molar-refractivity contribution in [1.29, 1.82) is 0 Å². The molecule has 1 heterocycles. The minimum Gasteiger partial charge on any atom is -0.324 e. The molecule has 0 bridgehead atoms. The van der Waals surface area contributed by atoms with Crippen LogP contribution in [0.5, 0.6) is 0 Å². The lowest BCUT2D eigenvalue weighted by Crippen LogP contribution is -2.40. The molecule has 1 N–H and O–H groups in total. The fraction of sp³-hybridized carbons (Fsp3) is 0.714. The van der Waals surface area contributed by atoms with Crippen LogP contribution >= 0.6 is 0 Å². The van der Waals surface area contributed by atoms with Gasteiger partial charge in [-0.1, -0.05) is 5.11 Å². The number of rotatable bonds is 3. The smallest absolute Gasteiger partial charge is 0.324 e. The van der Waals surface area contributed by atoms with Crippen LogP contribution in [0.2, 0.25) is 0 Å². The Kier molecular flexibility index (Phi) is 2.62. The van der Waals surface area contributed by atoms with Gasteiger partial charge in [0.25, 0.3) is 5.91 Å². The predicted octanol–water partition coefficient (Wildman–Crippen LogP) is 0.627. The number of azide groups is 1. The van der Waals surface area contributed by atoms with E-state index >= 15 is 0 Å². The number of hydrogen-bond acceptors (Lipinski definition) is 3. The van der Waals surface area contributed by atoms with Crippen LogP contribution in [0.3, 0.4) is 0 Å². The van der Waals surface area contributed by atoms with E-state index in [0.29, 0.717) is 0 Å². The zero-order valence-corrected chi connectivity index (χ0v) is 8.02. The molecule has 0 aromatic carbocycles. The van der Waals surface area contributed by atoms with Gasteiger partial charge in [0.15, 0.2) is 0 Å². The summed E-state index contributed by atoms with van der Waals surface area (Å²) in [6.07, 6.45) is 0. The number of urea groups is 1. The predicted molar refractivity (Wildman–Crippen MR) is 48.3 cm³/mol. The Bertz CT molecular complexity index is 318. The molecule has 0 saturated carbocycles. The van der Waals surface area contributed by atoms with E-state index in [1.165, 1.54) is 0 Å². The van der Waals surface area contributed by atoms with Crippen molar-refractivity contribution in [2.45, 2.75) is 19.4 Å². The van der Waals surface area contributed by atoms with Gasteiger partial charge in [-0.2, -0.15) is 0 Å². The second kappa shape index (κ2) is 3.55. The molecule has 76 valence electrons. The maximum absolute atomic E-state index is 11.5. The molecule has 0 spiro atoms. The van der Waals surface area contributed by atoms with Gasteiger partial charge < -0.3 is 5.32 Å². The molecule has 0 aromatic rings. The van der Waals surface area contributed by atoms with Gasteiger partial charge in [-0.15, -0.1) is 0 Å². The minimum atomic E-state index is -0.854. The van der Waals surface area contributed by atoms with Crippen LogP contribution in [-0.2, 0) is 4.79 Å². The maximum Gasteiger partial charge on any atom is 0.325 e. The molecule has 7 nitrogen and oxygen atoms in total. The van der Waals surface area contributed by atoms with Crippen LogP contribution in [0.15, 0.2) is 5.11 Å². The van der Waals surface area contributed by atoms with Gasteiger partial charge in [0, 0.05) is 18.0 Å². The monoisotopic (exact) mass is 197 g/mol. The van der Waals surface area contributed by atoms with Gasteiger partial charge in [0.2, 0.25) is 0 Å². The highest BCUT2D eigenvalue weighted by atomic mass is 16.2. The van der Waals surface area contributed by atoms with Gasteiger partial charge in [0.05, 0.1) is 0 Å². The van der Waals surface area contributed by atoms with Crippen LogP contribution in [-0.4, -0.2) is 35.5 Å². The quantitative estimate of drug-likeness (QED) is 0.310. The molecule has 1 fully saturated rings. The van der Waals surface area contributed by atoms with Gasteiger partial charge in [-0.25, -0.2) is 4.79 Å². The topological polar surface area (TPSA) is 98.2 Å². The number of carbonyl (C=O) groups excluding carboxylic acids is 2. The summed E-state index contributed by atoms with van der Waals surface area (Å²) in [5.41, 5.74) is 7.18. The van der Waals surface area contributed by atoms with Gasteiger partial charge in [-0.3, -0.25) is 9.69 Å². The molecule has 14 heavy (non-hydrogen) atoms. The van der Waals surface area contributed by atoms with Crippen LogP contribution < -0.4 is 5.32 Å². The normalized spacial score (nSPS) is 19.1. The summed E-state index contributed by atoms with van der Waals surface area (Å²) >= 11 is 0. The third kappa shape index (κ3) is 1.77. The van der Waals surface area contributed by atoms with Gasteiger partial charge in [0.1, 0.15) is 5.54 Å². The Morgan fingerprint density at radius 3 is 2.64 bits per heavy atom. The van der Waals surface area contributed by atoms with Crippen LogP contribution in [0.1, 0.15) is 13.8 Å². The fourth-order valence-electron chi connectivity index (χ4n) is 1.21. The Balaban J connectivity index is 2.66. The molecular formula is C7H11N5O2. The number of carbonyl (C=O) groups is 2. The van der Waals surface area contributed by atoms with E-state index in [1.807, 2.05) is 0 Å². The van der Waals surface area contributed by atoms with Crippen molar-refractivity contribution in [1.82, 2.24) is 10.2 Å². The molecule has 0 aliphatic carbocycles. The van der Waals surface area contributed by atoms with E-state index in [0.717, 1.165) is 4.90 Å². The highest BCUT2D eigenvalue weighted by Crippen LogP contribution is 2.15. The van der Waals surface area contributed by atoms with E-state index in [9.17, 15) is 9.59 Å². The summed E-state index contributed by atoms with van der Waals surface area (Å²) in [5.74, 6) is -0.296. The third-order valence-electron chi connectivity index (χ3n) is 1.93. The van der Waals surface area contributed by atoms with Crippen molar-refractivity contribution in [3.05, 3.63) is 10.4 Å².